The van der Waals surface area contributed by atoms with E-state index < -0.39 is 12.2 Å². The number of fused-ring (bicyclic) bond motifs is 2. The average molecular weight is 699 g/mol. The number of ether oxygens (including phenoxy) is 4. The number of ketones is 1. The number of benzene rings is 2. The molecule has 10 nitrogen and oxygen atoms in total. The monoisotopic (exact) mass is 698 g/mol. The highest BCUT2D eigenvalue weighted by Crippen LogP contribution is 2.42. The molecule has 6 rings (SSSR count). The largest absolute Gasteiger partial charge is 0.391 e. The Morgan fingerprint density at radius 1 is 0.792 bits per heavy atom. The second-order valence-corrected chi connectivity index (χ2v) is 15.4. The normalized spacial score (nSPS) is 32.9. The number of carbonyl (C=O) groups is 1. The lowest BCUT2D eigenvalue weighted by Gasteiger charge is -2.42. The van der Waals surface area contributed by atoms with Crippen molar-refractivity contribution in [2.75, 3.05) is 28.2 Å². The fourth-order valence-corrected chi connectivity index (χ4v) is 8.75. The standard InChI is InChI=1S/C18H26N2O3S.C18H24N2O3S/c2*1-11-15(12(2)21)23-17-14(19-18(24-17)20(3)4)16(11)22-10-13-8-6-5-7-9-13/h5-9,11-12,14-17,21H,10H2,1-4H3;5-9,11,14-17H,10H2,1-4H3/t11-,12?,14-,15+,16+,17-;11-,14-,15+,16+,17-/m11/s1. The predicted octanol–water partition coefficient (Wildman–Crippen LogP) is 4.90. The summed E-state index contributed by atoms with van der Waals surface area (Å²) >= 11 is 3.19. The molecule has 0 radical (unpaired) electrons. The molecule has 0 spiro atoms. The minimum absolute atomic E-state index is 0.0293. The highest BCUT2D eigenvalue weighted by Gasteiger charge is 2.51. The Bertz CT molecular complexity index is 1410. The van der Waals surface area contributed by atoms with Gasteiger partial charge in [0.25, 0.3) is 0 Å². The van der Waals surface area contributed by atoms with E-state index in [9.17, 15) is 9.90 Å². The van der Waals surface area contributed by atoms with E-state index >= 15 is 0 Å². The third kappa shape index (κ3) is 8.64. The number of hydrogen-bond donors (Lipinski definition) is 1. The topological polar surface area (TPSA) is 105 Å². The molecule has 0 aromatic heterocycles. The summed E-state index contributed by atoms with van der Waals surface area (Å²) in [5, 5.41) is 12.0. The van der Waals surface area contributed by atoms with Crippen molar-refractivity contribution < 1.29 is 28.8 Å². The maximum absolute atomic E-state index is 12.0. The molecule has 4 aliphatic heterocycles. The van der Waals surface area contributed by atoms with Gasteiger partial charge in [-0.2, -0.15) is 0 Å². The summed E-state index contributed by atoms with van der Waals surface area (Å²) in [7, 11) is 7.90. The van der Waals surface area contributed by atoms with E-state index in [1.807, 2.05) is 93.4 Å². The molecular formula is C36H50N4O6S2. The fourth-order valence-electron chi connectivity index (χ4n) is 6.48. The number of aliphatic imine (C=N–C) groups is 2. The number of hydrogen-bond acceptors (Lipinski definition) is 12. The molecule has 1 unspecified atom stereocenters. The number of Topliss-reactive ketones (excluding diaryl/α,β-unsaturated/α-hetero) is 1. The Morgan fingerprint density at radius 3 is 1.65 bits per heavy atom. The van der Waals surface area contributed by atoms with E-state index in [1.54, 1.807) is 37.4 Å². The molecule has 48 heavy (non-hydrogen) atoms. The van der Waals surface area contributed by atoms with E-state index in [-0.39, 0.29) is 58.9 Å². The number of rotatable bonds is 8. The van der Waals surface area contributed by atoms with Crippen LogP contribution in [0.3, 0.4) is 0 Å². The van der Waals surface area contributed by atoms with Gasteiger partial charge in [-0.3, -0.25) is 14.8 Å². The van der Waals surface area contributed by atoms with Crippen molar-refractivity contribution >= 4 is 39.6 Å². The van der Waals surface area contributed by atoms with Gasteiger partial charge in [0.2, 0.25) is 0 Å². The zero-order chi connectivity index (χ0) is 34.5. The molecule has 2 fully saturated rings. The van der Waals surface area contributed by atoms with Crippen molar-refractivity contribution in [3.05, 3.63) is 71.8 Å². The molecule has 2 saturated heterocycles. The minimum Gasteiger partial charge on any atom is -0.391 e. The maximum Gasteiger partial charge on any atom is 0.161 e. The predicted molar refractivity (Wildman–Crippen MR) is 193 cm³/mol. The second-order valence-electron chi connectivity index (χ2n) is 13.3. The second kappa shape index (κ2) is 16.5. The molecule has 0 amide bonds. The number of thioether (sulfide) groups is 2. The van der Waals surface area contributed by atoms with Crippen molar-refractivity contribution in [2.24, 2.45) is 21.8 Å². The Kier molecular flexibility index (Phi) is 12.7. The molecule has 4 aliphatic rings. The number of aliphatic hydroxyl groups is 1. The van der Waals surface area contributed by atoms with Crippen LogP contribution in [0.15, 0.2) is 70.6 Å². The highest BCUT2D eigenvalue weighted by molar-refractivity contribution is 8.14. The Hall–Kier alpha value is -2.45. The SMILES string of the molecule is CC(=O)[C@H]1O[C@@H]2SC(N(C)C)=N[C@@H]2[C@@H](OCc2ccccc2)[C@@H]1C.CC(O)[C@H]1O[C@@H]2SC(N(C)C)=N[C@@H]2[C@@H](OCc2ccccc2)[C@@H]1C. The van der Waals surface area contributed by atoms with Crippen molar-refractivity contribution in [2.45, 2.75) is 94.4 Å². The van der Waals surface area contributed by atoms with Crippen LogP contribution in [0.25, 0.3) is 0 Å². The quantitative estimate of drug-likeness (QED) is 0.410. The fraction of sp³-hybridized carbons (Fsp3) is 0.583. The molecule has 0 bridgehead atoms. The first-order valence-electron chi connectivity index (χ1n) is 16.6. The Balaban J connectivity index is 0.000000188. The number of aliphatic hydroxyl groups excluding tert-OH is 1. The molecule has 1 N–H and O–H groups in total. The summed E-state index contributed by atoms with van der Waals surface area (Å²) in [6.45, 7) is 8.53. The van der Waals surface area contributed by atoms with Crippen LogP contribution in [0, 0.1) is 11.8 Å². The van der Waals surface area contributed by atoms with Crippen LogP contribution < -0.4 is 0 Å². The summed E-state index contributed by atoms with van der Waals surface area (Å²) in [4.78, 5) is 25.6. The van der Waals surface area contributed by atoms with Gasteiger partial charge >= 0.3 is 0 Å². The first-order valence-corrected chi connectivity index (χ1v) is 18.3. The lowest BCUT2D eigenvalue weighted by Crippen LogP contribution is -2.54. The van der Waals surface area contributed by atoms with Crippen LogP contribution in [0.5, 0.6) is 0 Å². The van der Waals surface area contributed by atoms with Gasteiger partial charge in [0, 0.05) is 40.0 Å². The molecule has 2 aromatic carbocycles. The van der Waals surface area contributed by atoms with E-state index in [1.165, 1.54) is 0 Å². The van der Waals surface area contributed by atoms with Gasteiger partial charge in [0.15, 0.2) is 16.1 Å². The smallest absolute Gasteiger partial charge is 0.161 e. The van der Waals surface area contributed by atoms with Gasteiger partial charge < -0.3 is 33.9 Å². The maximum atomic E-state index is 12.0. The van der Waals surface area contributed by atoms with Crippen LogP contribution >= 0.6 is 23.5 Å². The summed E-state index contributed by atoms with van der Waals surface area (Å²) in [5.41, 5.74) is 2.01. The van der Waals surface area contributed by atoms with E-state index in [4.69, 9.17) is 28.9 Å². The molecule has 262 valence electrons. The molecular weight excluding hydrogens is 649 g/mol. The van der Waals surface area contributed by atoms with Crippen LogP contribution in [-0.2, 0) is 37.0 Å². The van der Waals surface area contributed by atoms with Crippen LogP contribution in [-0.4, -0.2) is 113 Å². The van der Waals surface area contributed by atoms with Crippen molar-refractivity contribution in [1.82, 2.24) is 9.80 Å². The number of carbonyl (C=O) groups excluding carboxylic acids is 1. The van der Waals surface area contributed by atoms with Gasteiger partial charge in [0.05, 0.1) is 37.6 Å². The summed E-state index contributed by atoms with van der Waals surface area (Å²) in [6.07, 6.45) is -1.42. The summed E-state index contributed by atoms with van der Waals surface area (Å²) < 4.78 is 24.7. The summed E-state index contributed by atoms with van der Waals surface area (Å²) in [5.74, 6) is 0.0901. The number of amidine groups is 2. The lowest BCUT2D eigenvalue weighted by molar-refractivity contribution is -0.165. The van der Waals surface area contributed by atoms with Gasteiger partial charge in [-0.1, -0.05) is 98.0 Å². The van der Waals surface area contributed by atoms with Crippen LogP contribution in [0.2, 0.25) is 0 Å². The van der Waals surface area contributed by atoms with Gasteiger partial charge in [-0.05, 0) is 25.0 Å². The lowest BCUT2D eigenvalue weighted by atomic mass is 9.87. The minimum atomic E-state index is -0.534. The zero-order valence-electron chi connectivity index (χ0n) is 29.1. The first-order chi connectivity index (χ1) is 22.9. The third-order valence-electron chi connectivity index (χ3n) is 9.01. The van der Waals surface area contributed by atoms with Gasteiger partial charge in [-0.25, -0.2) is 0 Å². The van der Waals surface area contributed by atoms with E-state index in [2.05, 4.69) is 19.1 Å². The van der Waals surface area contributed by atoms with Crippen molar-refractivity contribution in [1.29, 1.82) is 0 Å². The van der Waals surface area contributed by atoms with Gasteiger partial charge in [-0.15, -0.1) is 0 Å². The van der Waals surface area contributed by atoms with E-state index in [0.717, 1.165) is 21.5 Å². The molecule has 0 saturated carbocycles. The molecule has 4 heterocycles. The average Bonchev–Trinajstić information content (AvgIpc) is 3.70. The van der Waals surface area contributed by atoms with Crippen molar-refractivity contribution in [3.8, 4) is 0 Å². The molecule has 11 atom stereocenters. The van der Waals surface area contributed by atoms with Crippen LogP contribution in [0.4, 0.5) is 0 Å². The molecule has 0 aliphatic carbocycles. The highest BCUT2D eigenvalue weighted by atomic mass is 32.2. The van der Waals surface area contributed by atoms with Gasteiger partial charge in [0.1, 0.15) is 29.1 Å². The molecule has 2 aromatic rings. The third-order valence-corrected chi connectivity index (χ3v) is 11.6. The van der Waals surface area contributed by atoms with E-state index in [0.29, 0.717) is 13.2 Å². The molecule has 12 heteroatoms. The number of nitrogens with zero attached hydrogens (tertiary/aromatic N) is 4. The summed E-state index contributed by atoms with van der Waals surface area (Å²) in [6, 6.07) is 20.1. The zero-order valence-corrected chi connectivity index (χ0v) is 30.8. The van der Waals surface area contributed by atoms with Crippen molar-refractivity contribution in [3.63, 3.8) is 0 Å². The first kappa shape index (κ1) is 36.8. The van der Waals surface area contributed by atoms with Crippen LogP contribution in [0.1, 0.15) is 38.8 Å². The Morgan fingerprint density at radius 2 is 1.23 bits per heavy atom. The Labute approximate surface area is 293 Å².